The van der Waals surface area contributed by atoms with E-state index in [2.05, 4.69) is 104 Å². The fourth-order valence-electron chi connectivity index (χ4n) is 8.19. The smallest absolute Gasteiger partial charge is 0.338 e. The molecule has 6 heteroatoms. The Morgan fingerprint density at radius 3 is 2.20 bits per heavy atom. The van der Waals surface area contributed by atoms with Crippen molar-refractivity contribution in [3.63, 3.8) is 0 Å². The van der Waals surface area contributed by atoms with Gasteiger partial charge in [0.1, 0.15) is 11.4 Å². The van der Waals surface area contributed by atoms with E-state index in [0.717, 1.165) is 57.8 Å². The summed E-state index contributed by atoms with van der Waals surface area (Å²) in [5, 5.41) is 7.16. The molecule has 9 rings (SSSR count). The number of hydrogen-bond acceptors (Lipinski definition) is 6. The van der Waals surface area contributed by atoms with Crippen LogP contribution in [0.5, 0.6) is 5.75 Å². The van der Waals surface area contributed by atoms with Gasteiger partial charge in [-0.3, -0.25) is 4.90 Å². The first-order valence-corrected chi connectivity index (χ1v) is 19.5. The van der Waals surface area contributed by atoms with Crippen LogP contribution in [0.25, 0.3) is 54.9 Å². The van der Waals surface area contributed by atoms with Crippen molar-refractivity contribution in [2.24, 2.45) is 0 Å². The van der Waals surface area contributed by atoms with Crippen LogP contribution in [0, 0.1) is 0 Å². The van der Waals surface area contributed by atoms with Crippen molar-refractivity contribution < 1.29 is 18.7 Å². The van der Waals surface area contributed by atoms with Crippen molar-refractivity contribution >= 4 is 38.3 Å². The Kier molecular flexibility index (Phi) is 10.6. The molecule has 0 spiro atoms. The summed E-state index contributed by atoms with van der Waals surface area (Å²) in [6.07, 6.45) is 3.43. The number of methoxy groups -OCH3 is 1. The van der Waals surface area contributed by atoms with Gasteiger partial charge in [0, 0.05) is 22.6 Å². The Morgan fingerprint density at radius 1 is 0.750 bits per heavy atom. The standard InChI is InChI=1S/C36H32N2O.C14H14O3/c1-24(36-37-34(26-13-5-3-6-14-26)35(39-36)27-15-7-4-8-16-27)38(2)33-19-11-18-29-31-21-20-25-12-9-10-17-28(25)30(31)22-23-32(29)33;1-3-17-14(15)12-8-4-7-11-10(12)6-5-9-13(11)16-2/h3-10,12-17,20-24,33H,11,18-19H2,1-2H3;4-9H,3H2,1-2H3. The van der Waals surface area contributed by atoms with Crippen LogP contribution in [-0.4, -0.2) is 36.6 Å². The molecule has 2 atom stereocenters. The van der Waals surface area contributed by atoms with Gasteiger partial charge in [0.2, 0.25) is 5.89 Å². The SMILES string of the molecule is CC(c1nc(-c2ccccc2)c(-c2ccccc2)o1)N(C)C1CCCc2c1ccc1c2ccc2ccccc21.CCOC(=O)c1cccc2c(OC)cccc12. The lowest BCUT2D eigenvalue weighted by Crippen LogP contribution is -2.30. The largest absolute Gasteiger partial charge is 0.496 e. The Bertz CT molecular complexity index is 2580. The molecule has 0 saturated heterocycles. The van der Waals surface area contributed by atoms with Crippen LogP contribution in [-0.2, 0) is 11.2 Å². The summed E-state index contributed by atoms with van der Waals surface area (Å²) in [6, 6.07) is 50.2. The topological polar surface area (TPSA) is 64.8 Å². The molecule has 0 fully saturated rings. The van der Waals surface area contributed by atoms with Crippen molar-refractivity contribution in [3.8, 4) is 28.3 Å². The van der Waals surface area contributed by atoms with E-state index in [1.807, 2.05) is 54.6 Å². The van der Waals surface area contributed by atoms with Gasteiger partial charge in [-0.15, -0.1) is 0 Å². The summed E-state index contributed by atoms with van der Waals surface area (Å²) in [5.74, 6) is 2.05. The fraction of sp³-hybridized carbons (Fsp3) is 0.200. The van der Waals surface area contributed by atoms with E-state index in [1.165, 1.54) is 39.1 Å². The number of hydrogen-bond donors (Lipinski definition) is 0. The van der Waals surface area contributed by atoms with E-state index in [1.54, 1.807) is 20.1 Å². The van der Waals surface area contributed by atoms with Gasteiger partial charge >= 0.3 is 5.97 Å². The van der Waals surface area contributed by atoms with Gasteiger partial charge in [0.25, 0.3) is 0 Å². The minimum atomic E-state index is -0.300. The van der Waals surface area contributed by atoms with Crippen LogP contribution in [0.4, 0.5) is 0 Å². The number of oxazole rings is 1. The quantitative estimate of drug-likeness (QED) is 0.114. The first kappa shape index (κ1) is 36.7. The fourth-order valence-corrected chi connectivity index (χ4v) is 8.19. The maximum atomic E-state index is 11.8. The molecule has 1 aliphatic rings. The monoisotopic (exact) mass is 738 g/mol. The van der Waals surface area contributed by atoms with Crippen LogP contribution in [0.1, 0.15) is 66.1 Å². The van der Waals surface area contributed by atoms with Gasteiger partial charge in [0.15, 0.2) is 5.76 Å². The van der Waals surface area contributed by atoms with Gasteiger partial charge in [-0.25, -0.2) is 9.78 Å². The van der Waals surface area contributed by atoms with Gasteiger partial charge in [0.05, 0.1) is 25.3 Å². The number of carbonyl (C=O) groups excluding carboxylic acids is 1. The van der Waals surface area contributed by atoms with Crippen molar-refractivity contribution in [3.05, 3.63) is 168 Å². The number of esters is 1. The minimum absolute atomic E-state index is 0.0215. The zero-order valence-corrected chi connectivity index (χ0v) is 32.4. The highest BCUT2D eigenvalue weighted by molar-refractivity contribution is 6.09. The number of fused-ring (bicyclic) bond motifs is 6. The van der Waals surface area contributed by atoms with E-state index in [-0.39, 0.29) is 12.0 Å². The molecule has 1 aliphatic carbocycles. The molecular formula is C50H46N2O4. The molecule has 0 radical (unpaired) electrons. The number of aryl methyl sites for hydroxylation is 1. The van der Waals surface area contributed by atoms with Gasteiger partial charge < -0.3 is 13.9 Å². The normalized spacial score (nSPS) is 14.3. The zero-order chi connectivity index (χ0) is 38.6. The molecule has 2 unspecified atom stereocenters. The number of aromatic nitrogens is 1. The Labute approximate surface area is 328 Å². The lowest BCUT2D eigenvalue weighted by molar-refractivity contribution is 0.0528. The third-order valence-electron chi connectivity index (χ3n) is 11.1. The molecule has 0 bridgehead atoms. The highest BCUT2D eigenvalue weighted by atomic mass is 16.5. The third-order valence-corrected chi connectivity index (χ3v) is 11.1. The molecule has 280 valence electrons. The minimum Gasteiger partial charge on any atom is -0.496 e. The number of benzene rings is 7. The average Bonchev–Trinajstić information content (AvgIpc) is 3.72. The number of carbonyl (C=O) groups is 1. The first-order valence-electron chi connectivity index (χ1n) is 19.5. The lowest BCUT2D eigenvalue weighted by Gasteiger charge is -2.36. The summed E-state index contributed by atoms with van der Waals surface area (Å²) in [6.45, 7) is 4.39. The van der Waals surface area contributed by atoms with Crippen molar-refractivity contribution in [2.75, 3.05) is 20.8 Å². The van der Waals surface area contributed by atoms with E-state index < -0.39 is 0 Å². The maximum Gasteiger partial charge on any atom is 0.338 e. The highest BCUT2D eigenvalue weighted by Crippen LogP contribution is 2.43. The van der Waals surface area contributed by atoms with Crippen molar-refractivity contribution in [2.45, 2.75) is 45.2 Å². The maximum absolute atomic E-state index is 11.8. The Balaban J connectivity index is 0.000000218. The number of ether oxygens (including phenoxy) is 2. The second-order valence-corrected chi connectivity index (χ2v) is 14.3. The van der Waals surface area contributed by atoms with Crippen LogP contribution < -0.4 is 4.74 Å². The molecule has 7 aromatic carbocycles. The lowest BCUT2D eigenvalue weighted by atomic mass is 9.82. The molecule has 1 heterocycles. The molecule has 8 aromatic rings. The number of nitrogens with zero attached hydrogens (tertiary/aromatic N) is 2. The summed E-state index contributed by atoms with van der Waals surface area (Å²) in [7, 11) is 3.84. The van der Waals surface area contributed by atoms with E-state index in [9.17, 15) is 4.79 Å². The first-order chi connectivity index (χ1) is 27.5. The van der Waals surface area contributed by atoms with Gasteiger partial charge in [-0.2, -0.15) is 0 Å². The second-order valence-electron chi connectivity index (χ2n) is 14.3. The molecule has 0 saturated carbocycles. The summed E-state index contributed by atoms with van der Waals surface area (Å²) in [5.41, 5.74) is 6.53. The zero-order valence-electron chi connectivity index (χ0n) is 32.4. The summed E-state index contributed by atoms with van der Waals surface area (Å²) < 4.78 is 16.9. The summed E-state index contributed by atoms with van der Waals surface area (Å²) >= 11 is 0. The predicted molar refractivity (Wildman–Crippen MR) is 227 cm³/mol. The Hall–Kier alpha value is -6.24. The predicted octanol–water partition coefficient (Wildman–Crippen LogP) is 12.4. The third kappa shape index (κ3) is 7.04. The van der Waals surface area contributed by atoms with Crippen LogP contribution in [0.2, 0.25) is 0 Å². The van der Waals surface area contributed by atoms with E-state index >= 15 is 0 Å². The van der Waals surface area contributed by atoms with E-state index in [0.29, 0.717) is 18.2 Å². The average molecular weight is 739 g/mol. The van der Waals surface area contributed by atoms with Gasteiger partial charge in [-0.1, -0.05) is 133 Å². The molecule has 6 nitrogen and oxygen atoms in total. The van der Waals surface area contributed by atoms with Crippen LogP contribution in [0.15, 0.2) is 150 Å². The van der Waals surface area contributed by atoms with Crippen molar-refractivity contribution in [1.29, 1.82) is 0 Å². The van der Waals surface area contributed by atoms with Crippen LogP contribution in [0.3, 0.4) is 0 Å². The van der Waals surface area contributed by atoms with Gasteiger partial charge in [-0.05, 0) is 90.3 Å². The molecule has 56 heavy (non-hydrogen) atoms. The molecule has 0 aliphatic heterocycles. The van der Waals surface area contributed by atoms with Crippen molar-refractivity contribution in [1.82, 2.24) is 9.88 Å². The highest BCUT2D eigenvalue weighted by Gasteiger charge is 2.31. The van der Waals surface area contributed by atoms with Crippen LogP contribution >= 0.6 is 0 Å². The number of rotatable bonds is 8. The molecular weight excluding hydrogens is 693 g/mol. The molecule has 0 amide bonds. The Morgan fingerprint density at radius 2 is 1.43 bits per heavy atom. The van der Waals surface area contributed by atoms with E-state index in [4.69, 9.17) is 18.9 Å². The molecule has 0 N–H and O–H groups in total. The molecule has 1 aromatic heterocycles. The second kappa shape index (κ2) is 16.2. The summed E-state index contributed by atoms with van der Waals surface area (Å²) in [4.78, 5) is 19.4.